The van der Waals surface area contributed by atoms with Gasteiger partial charge in [0.1, 0.15) is 11.6 Å². The zero-order valence-electron chi connectivity index (χ0n) is 24.7. The summed E-state index contributed by atoms with van der Waals surface area (Å²) in [6.07, 6.45) is 1.65. The van der Waals surface area contributed by atoms with E-state index in [4.69, 9.17) is 15.2 Å². The second-order valence-corrected chi connectivity index (χ2v) is 9.80. The summed E-state index contributed by atoms with van der Waals surface area (Å²) < 4.78 is 10.0. The van der Waals surface area contributed by atoms with Gasteiger partial charge in [-0.1, -0.05) is 32.0 Å². The third kappa shape index (κ3) is 8.68. The van der Waals surface area contributed by atoms with E-state index in [1.807, 2.05) is 13.8 Å². The van der Waals surface area contributed by atoms with Gasteiger partial charge in [-0.15, -0.1) is 0 Å². The number of aryl methyl sites for hydroxylation is 1. The van der Waals surface area contributed by atoms with E-state index in [1.54, 1.807) is 44.2 Å². The average Bonchev–Trinajstić information content (AvgIpc) is 3.37. The molecule has 0 unspecified atom stereocenters. The molecule has 1 aromatic heterocycles. The highest BCUT2D eigenvalue weighted by atomic mass is 16.7. The highest BCUT2D eigenvalue weighted by Gasteiger charge is 2.27. The number of nitrogens with two attached hydrogens (primary N) is 1. The van der Waals surface area contributed by atoms with Crippen molar-refractivity contribution in [2.45, 2.75) is 47.0 Å². The van der Waals surface area contributed by atoms with Crippen molar-refractivity contribution in [3.05, 3.63) is 82.2 Å². The van der Waals surface area contributed by atoms with Crippen LogP contribution in [-0.2, 0) is 20.7 Å². The largest absolute Gasteiger partial charge is 0.508 e. The summed E-state index contributed by atoms with van der Waals surface area (Å²) in [5.41, 5.74) is 9.71. The summed E-state index contributed by atoms with van der Waals surface area (Å²) in [4.78, 5) is 59.0. The topological polar surface area (TPSA) is 176 Å². The van der Waals surface area contributed by atoms with Gasteiger partial charge in [-0.25, -0.2) is 14.7 Å². The Morgan fingerprint density at radius 3 is 2.42 bits per heavy atom. The number of amidine groups is 1. The van der Waals surface area contributed by atoms with Gasteiger partial charge in [-0.3, -0.25) is 14.4 Å². The molecule has 3 aromatic rings. The van der Waals surface area contributed by atoms with Crippen LogP contribution in [0.3, 0.4) is 0 Å². The van der Waals surface area contributed by atoms with Crippen LogP contribution in [0.5, 0.6) is 5.75 Å². The summed E-state index contributed by atoms with van der Waals surface area (Å²) in [6, 6.07) is 11.2. The van der Waals surface area contributed by atoms with E-state index in [0.717, 1.165) is 16.9 Å². The molecular formula is C31H37N5O7. The maximum absolute atomic E-state index is 13.4. The molecular weight excluding hydrogens is 554 g/mol. The van der Waals surface area contributed by atoms with Crippen molar-refractivity contribution < 1.29 is 33.8 Å². The van der Waals surface area contributed by atoms with Gasteiger partial charge in [0.25, 0.3) is 11.8 Å². The monoisotopic (exact) mass is 591 g/mol. The lowest BCUT2D eigenvalue weighted by atomic mass is 10.1. The first-order valence-corrected chi connectivity index (χ1v) is 13.9. The molecule has 43 heavy (non-hydrogen) atoms. The number of phenolic OH excluding ortho intramolecular Hbond substituents is 1. The van der Waals surface area contributed by atoms with Crippen LogP contribution in [0.15, 0.2) is 53.7 Å². The standard InChI is InChI=1S/C31H37N5O7/c1-5-13-33-29(39)22-10-7-19(3)25(16-22)35-28(32)27-20(4)24(17-34-27)30(40)36(14-6-2)31(41)43-18-42-26(38)15-21-8-11-23(37)12-9-21/h7-12,16-17,34,37H,5-6,13-15,18H2,1-4H3,(H2,32,35)(H,33,39). The molecule has 12 nitrogen and oxygen atoms in total. The number of aromatic amines is 1. The SMILES string of the molecule is CCCNC(=O)c1ccc(C)c(N=C(N)c2[nH]cc(C(=O)N(CCC)C(=O)OCOC(=O)Cc3ccc(O)cc3)c2C)c1. The normalized spacial score (nSPS) is 11.1. The summed E-state index contributed by atoms with van der Waals surface area (Å²) in [5.74, 6) is -1.32. The van der Waals surface area contributed by atoms with Gasteiger partial charge in [0.15, 0.2) is 0 Å². The molecule has 2 aromatic carbocycles. The number of esters is 1. The lowest BCUT2D eigenvalue weighted by molar-refractivity contribution is -0.151. The minimum atomic E-state index is -0.970. The Morgan fingerprint density at radius 2 is 1.74 bits per heavy atom. The van der Waals surface area contributed by atoms with Gasteiger partial charge < -0.3 is 30.6 Å². The minimum Gasteiger partial charge on any atom is -0.508 e. The molecule has 0 spiro atoms. The van der Waals surface area contributed by atoms with E-state index in [9.17, 15) is 24.3 Å². The van der Waals surface area contributed by atoms with Crippen molar-refractivity contribution in [3.63, 3.8) is 0 Å². The second kappa shape index (κ2) is 15.2. The van der Waals surface area contributed by atoms with Crippen molar-refractivity contribution >= 4 is 35.4 Å². The van der Waals surface area contributed by atoms with Crippen molar-refractivity contribution in [1.82, 2.24) is 15.2 Å². The molecule has 3 rings (SSSR count). The molecule has 5 N–H and O–H groups in total. The van der Waals surface area contributed by atoms with E-state index in [0.29, 0.717) is 41.0 Å². The first-order chi connectivity index (χ1) is 20.5. The number of aliphatic imine (C=N–C) groups is 1. The molecule has 0 aliphatic heterocycles. The molecule has 0 saturated heterocycles. The van der Waals surface area contributed by atoms with E-state index >= 15 is 0 Å². The van der Waals surface area contributed by atoms with Gasteiger partial charge >= 0.3 is 12.1 Å². The van der Waals surface area contributed by atoms with Crippen LogP contribution in [0, 0.1) is 13.8 Å². The first-order valence-electron chi connectivity index (χ1n) is 13.9. The Morgan fingerprint density at radius 1 is 1.02 bits per heavy atom. The molecule has 0 fully saturated rings. The van der Waals surface area contributed by atoms with Crippen LogP contribution in [0.4, 0.5) is 10.5 Å². The Hall–Kier alpha value is -5.13. The fourth-order valence-electron chi connectivity index (χ4n) is 4.08. The summed E-state index contributed by atoms with van der Waals surface area (Å²) >= 11 is 0. The fraction of sp³-hybridized carbons (Fsp3) is 0.323. The van der Waals surface area contributed by atoms with Crippen LogP contribution in [-0.4, -0.2) is 64.6 Å². The van der Waals surface area contributed by atoms with Crippen LogP contribution < -0.4 is 11.1 Å². The molecule has 0 saturated carbocycles. The zero-order chi connectivity index (χ0) is 31.5. The van der Waals surface area contributed by atoms with E-state index in [2.05, 4.69) is 15.3 Å². The number of rotatable bonds is 12. The third-order valence-corrected chi connectivity index (χ3v) is 6.47. The number of hydrogen-bond acceptors (Lipinski definition) is 8. The average molecular weight is 592 g/mol. The lowest BCUT2D eigenvalue weighted by Gasteiger charge is -2.19. The van der Waals surface area contributed by atoms with Gasteiger partial charge in [-0.05, 0) is 67.6 Å². The van der Waals surface area contributed by atoms with Crippen molar-refractivity contribution in [2.75, 3.05) is 19.9 Å². The number of carbonyl (C=O) groups is 4. The Balaban J connectivity index is 1.69. The van der Waals surface area contributed by atoms with Crippen molar-refractivity contribution in [2.24, 2.45) is 10.7 Å². The van der Waals surface area contributed by atoms with Gasteiger partial charge in [0, 0.05) is 24.8 Å². The van der Waals surface area contributed by atoms with Crippen LogP contribution in [0.1, 0.15) is 69.8 Å². The number of carbonyl (C=O) groups excluding carboxylic acids is 4. The smallest absolute Gasteiger partial charge is 0.419 e. The summed E-state index contributed by atoms with van der Waals surface area (Å²) in [7, 11) is 0. The van der Waals surface area contributed by atoms with Crippen LogP contribution in [0.2, 0.25) is 0 Å². The number of imide groups is 1. The van der Waals surface area contributed by atoms with Crippen molar-refractivity contribution in [3.8, 4) is 5.75 Å². The number of ether oxygens (including phenoxy) is 2. The maximum atomic E-state index is 13.4. The lowest BCUT2D eigenvalue weighted by Crippen LogP contribution is -2.38. The third-order valence-electron chi connectivity index (χ3n) is 6.47. The van der Waals surface area contributed by atoms with Gasteiger partial charge in [-0.2, -0.15) is 0 Å². The Kier molecular flexibility index (Phi) is 11.4. The Bertz CT molecular complexity index is 1490. The number of amides is 3. The number of nitrogens with zero attached hydrogens (tertiary/aromatic N) is 2. The van der Waals surface area contributed by atoms with E-state index in [-0.39, 0.29) is 36.0 Å². The first kappa shape index (κ1) is 32.4. The number of hydrogen-bond donors (Lipinski definition) is 4. The number of aromatic hydroxyl groups is 1. The van der Waals surface area contributed by atoms with Gasteiger partial charge in [0.05, 0.1) is 23.4 Å². The molecule has 0 atom stereocenters. The number of nitrogens with one attached hydrogen (secondary N) is 2. The van der Waals surface area contributed by atoms with Gasteiger partial charge in [0.2, 0.25) is 6.79 Å². The molecule has 0 radical (unpaired) electrons. The second-order valence-electron chi connectivity index (χ2n) is 9.80. The molecule has 12 heteroatoms. The molecule has 3 amide bonds. The minimum absolute atomic E-state index is 0.0642. The highest BCUT2D eigenvalue weighted by molar-refractivity contribution is 6.07. The molecule has 0 aliphatic rings. The van der Waals surface area contributed by atoms with Crippen LogP contribution in [0.25, 0.3) is 0 Å². The molecule has 228 valence electrons. The fourth-order valence-corrected chi connectivity index (χ4v) is 4.08. The summed E-state index contributed by atoms with van der Waals surface area (Å²) in [5, 5.41) is 12.2. The number of benzene rings is 2. The Labute approximate surface area is 249 Å². The maximum Gasteiger partial charge on any atom is 0.419 e. The predicted molar refractivity (Wildman–Crippen MR) is 160 cm³/mol. The number of phenols is 1. The van der Waals surface area contributed by atoms with E-state index in [1.165, 1.54) is 18.3 Å². The van der Waals surface area contributed by atoms with E-state index < -0.39 is 24.8 Å². The molecule has 0 bridgehead atoms. The number of aromatic nitrogens is 1. The van der Waals surface area contributed by atoms with Crippen LogP contribution >= 0.6 is 0 Å². The predicted octanol–water partition coefficient (Wildman–Crippen LogP) is 4.25. The highest BCUT2D eigenvalue weighted by Crippen LogP contribution is 2.23. The zero-order valence-corrected chi connectivity index (χ0v) is 24.7. The molecule has 0 aliphatic carbocycles. The van der Waals surface area contributed by atoms with Crippen molar-refractivity contribution in [1.29, 1.82) is 0 Å². The quantitative estimate of drug-likeness (QED) is 0.105. The molecule has 1 heterocycles. The summed E-state index contributed by atoms with van der Waals surface area (Å²) in [6.45, 7) is 7.22. The number of H-pyrrole nitrogens is 1.